The quantitative estimate of drug-likeness (QED) is 0.342. The Morgan fingerprint density at radius 3 is 2.32 bits per heavy atom. The molecule has 2 N–H and O–H groups in total. The molecule has 1 amide bonds. The summed E-state index contributed by atoms with van der Waals surface area (Å²) in [5.74, 6) is -0.420. The van der Waals surface area contributed by atoms with E-state index in [1.807, 2.05) is 49.4 Å². The molecule has 2 fully saturated rings. The summed E-state index contributed by atoms with van der Waals surface area (Å²) >= 11 is 0. The molecule has 1 aliphatic heterocycles. The number of amides is 1. The summed E-state index contributed by atoms with van der Waals surface area (Å²) in [5, 5.41) is 8.88. The lowest BCUT2D eigenvalue weighted by Crippen LogP contribution is -2.47. The van der Waals surface area contributed by atoms with Crippen LogP contribution in [-0.2, 0) is 20.6 Å². The zero-order valence-corrected chi connectivity index (χ0v) is 24.2. The molecule has 6 nitrogen and oxygen atoms in total. The number of nitrogens with one attached hydrogen (secondary N) is 1. The molecule has 2 aliphatic rings. The Kier molecular flexibility index (Phi) is 10.7. The van der Waals surface area contributed by atoms with Crippen molar-refractivity contribution in [1.82, 2.24) is 9.62 Å². The molecule has 1 heterocycles. The summed E-state index contributed by atoms with van der Waals surface area (Å²) in [7, 11) is -1.32. The van der Waals surface area contributed by atoms with Crippen molar-refractivity contribution in [2.24, 2.45) is 11.3 Å². The number of hydrogen-bond donors (Lipinski definition) is 2. The van der Waals surface area contributed by atoms with Crippen molar-refractivity contribution in [1.29, 1.82) is 0 Å². The van der Waals surface area contributed by atoms with Gasteiger partial charge in [0.1, 0.15) is 11.0 Å². The molecular formula is C31H44N2O4S. The first-order valence-electron chi connectivity index (χ1n) is 13.8. The number of aliphatic carboxylic acids is 1. The van der Waals surface area contributed by atoms with E-state index in [9.17, 15) is 13.8 Å². The van der Waals surface area contributed by atoms with E-state index in [2.05, 4.69) is 37.0 Å². The third kappa shape index (κ3) is 8.24. The molecule has 7 heteroatoms. The Morgan fingerprint density at radius 1 is 1.08 bits per heavy atom. The smallest absolute Gasteiger partial charge is 0.303 e. The number of carboxylic acids is 1. The van der Waals surface area contributed by atoms with Gasteiger partial charge in [0, 0.05) is 31.0 Å². The molecular weight excluding hydrogens is 496 g/mol. The van der Waals surface area contributed by atoms with Crippen molar-refractivity contribution in [3.63, 3.8) is 0 Å². The minimum Gasteiger partial charge on any atom is -0.481 e. The molecule has 208 valence electrons. The van der Waals surface area contributed by atoms with Crippen molar-refractivity contribution >= 4 is 28.4 Å². The number of benzene rings is 1. The van der Waals surface area contributed by atoms with E-state index < -0.39 is 17.0 Å². The summed E-state index contributed by atoms with van der Waals surface area (Å²) in [4.78, 5) is 26.9. The van der Waals surface area contributed by atoms with Crippen LogP contribution >= 0.6 is 0 Å². The van der Waals surface area contributed by atoms with Crippen molar-refractivity contribution in [2.75, 3.05) is 6.54 Å². The highest BCUT2D eigenvalue weighted by atomic mass is 32.2. The maximum absolute atomic E-state index is 13.3. The summed E-state index contributed by atoms with van der Waals surface area (Å²) in [6.45, 7) is 13.6. The summed E-state index contributed by atoms with van der Waals surface area (Å²) in [6.07, 6.45) is 11.8. The second-order valence-corrected chi connectivity index (χ2v) is 12.9. The van der Waals surface area contributed by atoms with Gasteiger partial charge < -0.3 is 10.0 Å². The maximum Gasteiger partial charge on any atom is 0.303 e. The van der Waals surface area contributed by atoms with Gasteiger partial charge in [0.25, 0.3) is 0 Å². The largest absolute Gasteiger partial charge is 0.481 e. The first-order valence-corrected chi connectivity index (χ1v) is 15.0. The number of carbonyl (C=O) groups is 2. The number of nitrogens with zero attached hydrogens (tertiary/aromatic N) is 1. The Labute approximate surface area is 230 Å². The van der Waals surface area contributed by atoms with Crippen LogP contribution in [0.3, 0.4) is 0 Å². The van der Waals surface area contributed by atoms with Gasteiger partial charge in [0.2, 0.25) is 5.91 Å². The topological polar surface area (TPSA) is 86.7 Å². The lowest BCUT2D eigenvalue weighted by molar-refractivity contribution is -0.139. The van der Waals surface area contributed by atoms with Crippen LogP contribution < -0.4 is 4.72 Å². The highest BCUT2D eigenvalue weighted by Gasteiger charge is 2.40. The molecule has 0 radical (unpaired) electrons. The van der Waals surface area contributed by atoms with Crippen LogP contribution in [0.1, 0.15) is 84.6 Å². The van der Waals surface area contributed by atoms with Crippen LogP contribution in [0.2, 0.25) is 0 Å². The lowest BCUT2D eigenvalue weighted by Gasteiger charge is -2.38. The van der Waals surface area contributed by atoms with Crippen LogP contribution in [0.25, 0.3) is 5.57 Å². The normalized spacial score (nSPS) is 23.5. The van der Waals surface area contributed by atoms with Crippen LogP contribution in [0.4, 0.5) is 0 Å². The predicted molar refractivity (Wildman–Crippen MR) is 155 cm³/mol. The van der Waals surface area contributed by atoms with E-state index >= 15 is 0 Å². The molecule has 1 aromatic carbocycles. The summed E-state index contributed by atoms with van der Waals surface area (Å²) < 4.78 is 16.3. The monoisotopic (exact) mass is 540 g/mol. The number of carbonyl (C=O) groups excluding carboxylic acids is 1. The van der Waals surface area contributed by atoms with Gasteiger partial charge in [0.05, 0.1) is 4.90 Å². The Bertz CT molecular complexity index is 1080. The van der Waals surface area contributed by atoms with Crippen LogP contribution in [0.5, 0.6) is 0 Å². The molecule has 1 aromatic rings. The fourth-order valence-electron chi connectivity index (χ4n) is 5.51. The average molecular weight is 541 g/mol. The van der Waals surface area contributed by atoms with Crippen molar-refractivity contribution < 1.29 is 18.9 Å². The van der Waals surface area contributed by atoms with Crippen molar-refractivity contribution in [3.8, 4) is 0 Å². The average Bonchev–Trinajstić information content (AvgIpc) is 3.39. The zero-order chi connectivity index (χ0) is 27.9. The van der Waals surface area contributed by atoms with Crippen LogP contribution in [0, 0.1) is 11.3 Å². The highest BCUT2D eigenvalue weighted by Crippen LogP contribution is 2.36. The van der Waals surface area contributed by atoms with E-state index in [-0.39, 0.29) is 23.8 Å². The minimum absolute atomic E-state index is 0.0787. The Balaban J connectivity index is 1.49. The Hall–Kier alpha value is -2.51. The number of likely N-dealkylation sites (tertiary alicyclic amines) is 1. The maximum atomic E-state index is 13.3. The fourth-order valence-corrected chi connectivity index (χ4v) is 6.57. The molecule has 3 rings (SSSR count). The molecule has 1 saturated carbocycles. The van der Waals surface area contributed by atoms with Gasteiger partial charge in [-0.25, -0.2) is 8.93 Å². The highest BCUT2D eigenvalue weighted by molar-refractivity contribution is 7.83. The van der Waals surface area contributed by atoms with E-state index in [4.69, 9.17) is 5.11 Å². The van der Waals surface area contributed by atoms with E-state index in [0.29, 0.717) is 23.3 Å². The lowest BCUT2D eigenvalue weighted by atomic mass is 9.82. The van der Waals surface area contributed by atoms with Gasteiger partial charge >= 0.3 is 5.97 Å². The molecule has 0 spiro atoms. The van der Waals surface area contributed by atoms with Crippen molar-refractivity contribution in [2.45, 2.75) is 96.0 Å². The van der Waals surface area contributed by atoms with Gasteiger partial charge in [0.15, 0.2) is 0 Å². The zero-order valence-electron chi connectivity index (χ0n) is 23.4. The molecule has 1 saturated heterocycles. The van der Waals surface area contributed by atoms with E-state index in [1.54, 1.807) is 0 Å². The van der Waals surface area contributed by atoms with Gasteiger partial charge in [-0.05, 0) is 80.6 Å². The third-order valence-electron chi connectivity index (χ3n) is 7.82. The van der Waals surface area contributed by atoms with Gasteiger partial charge in [-0.1, -0.05) is 63.3 Å². The van der Waals surface area contributed by atoms with E-state index in [0.717, 1.165) is 61.8 Å². The fraction of sp³-hybridized carbons (Fsp3) is 0.548. The standard InChI is InChI=1S/C31H44N2O4S/c1-6-23(11-20-29(34)35)10-9-22(2)24-14-18-27(19-15-24)38(37)32-26-16-12-25(13-17-26)30(36)33-21-7-8-28(33)31(3,4)5/h6,9-10,14-15,18-19,25-26,28,32H,2,7-8,11-13,16-17,20-21H2,1,3-5H3,(H,34,35). The number of rotatable bonds is 10. The van der Waals surface area contributed by atoms with Crippen molar-refractivity contribution in [3.05, 3.63) is 60.2 Å². The Morgan fingerprint density at radius 2 is 1.74 bits per heavy atom. The van der Waals surface area contributed by atoms with Crippen LogP contribution in [-0.4, -0.2) is 44.7 Å². The van der Waals surface area contributed by atoms with Gasteiger partial charge in [-0.2, -0.15) is 0 Å². The molecule has 1 aliphatic carbocycles. The molecule has 2 atom stereocenters. The van der Waals surface area contributed by atoms with Crippen LogP contribution in [0.15, 0.2) is 59.5 Å². The number of carboxylic acid groups (broad SMARTS) is 1. The number of allylic oxidation sites excluding steroid dienone is 5. The summed E-state index contributed by atoms with van der Waals surface area (Å²) in [6, 6.07) is 7.99. The van der Waals surface area contributed by atoms with Gasteiger partial charge in [-0.3, -0.25) is 9.59 Å². The first-order chi connectivity index (χ1) is 18.0. The second kappa shape index (κ2) is 13.5. The number of hydrogen-bond acceptors (Lipinski definition) is 3. The molecule has 38 heavy (non-hydrogen) atoms. The third-order valence-corrected chi connectivity index (χ3v) is 9.07. The van der Waals surface area contributed by atoms with E-state index in [1.165, 1.54) is 0 Å². The first kappa shape index (κ1) is 30.0. The minimum atomic E-state index is -1.32. The van der Waals surface area contributed by atoms with Gasteiger partial charge in [-0.15, -0.1) is 0 Å². The molecule has 0 bridgehead atoms. The predicted octanol–water partition coefficient (Wildman–Crippen LogP) is 6.28. The summed E-state index contributed by atoms with van der Waals surface area (Å²) in [5.41, 5.74) is 2.78. The molecule has 2 unspecified atom stereocenters. The second-order valence-electron chi connectivity index (χ2n) is 11.6. The SMILES string of the molecule is C=C(C=CC(=CC)CCC(=O)O)c1ccc(S(=O)NC2CCC(C(=O)N3CCCC3C(C)(C)C)CC2)cc1. The molecule has 0 aromatic heterocycles.